The van der Waals surface area contributed by atoms with Gasteiger partial charge in [0.25, 0.3) is 0 Å². The number of imidazole rings is 1. The summed E-state index contributed by atoms with van der Waals surface area (Å²) in [5, 5.41) is 2.87. The molecule has 2 aliphatic rings. The molecule has 0 aliphatic carbocycles. The van der Waals surface area contributed by atoms with Gasteiger partial charge in [0.1, 0.15) is 15.7 Å². The monoisotopic (exact) mass is 473 g/mol. The summed E-state index contributed by atoms with van der Waals surface area (Å²) in [5.74, 6) is -3.90. The van der Waals surface area contributed by atoms with Crippen LogP contribution in [0, 0.1) is 22.2 Å². The van der Waals surface area contributed by atoms with Crippen molar-refractivity contribution in [3.05, 3.63) is 51.3 Å². The molecule has 2 aromatic rings. The highest BCUT2D eigenvalue weighted by molar-refractivity contribution is 7.91. The van der Waals surface area contributed by atoms with E-state index in [9.17, 15) is 26.4 Å². The second kappa shape index (κ2) is 8.09. The second-order valence-corrected chi connectivity index (χ2v) is 10.8. The molecular weight excluding hydrogens is 451 g/mol. The summed E-state index contributed by atoms with van der Waals surface area (Å²) < 4.78 is 69.2. The Kier molecular flexibility index (Phi) is 5.76. The van der Waals surface area contributed by atoms with E-state index in [-0.39, 0.29) is 48.4 Å². The molecular formula is C20H22F3N3O3S2. The Morgan fingerprint density at radius 1 is 1.19 bits per heavy atom. The minimum absolute atomic E-state index is 0.00651. The molecule has 3 heterocycles. The molecule has 168 valence electrons. The number of hydrogen-bond acceptors (Lipinski definition) is 4. The number of nitrogens with one attached hydrogen (secondary N) is 1. The van der Waals surface area contributed by atoms with Gasteiger partial charge in [0.2, 0.25) is 5.91 Å². The third kappa shape index (κ3) is 4.17. The van der Waals surface area contributed by atoms with Crippen molar-refractivity contribution >= 4 is 28.0 Å². The van der Waals surface area contributed by atoms with Crippen LogP contribution in [-0.4, -0.2) is 41.0 Å². The van der Waals surface area contributed by atoms with E-state index in [1.165, 1.54) is 0 Å². The maximum Gasteiger partial charge on any atom is 0.226 e. The number of fused-ring (bicyclic) bond motifs is 1. The molecule has 0 unspecified atom stereocenters. The van der Waals surface area contributed by atoms with E-state index in [0.29, 0.717) is 29.0 Å². The second-order valence-electron chi connectivity index (χ2n) is 8.17. The first-order valence-corrected chi connectivity index (χ1v) is 12.2. The summed E-state index contributed by atoms with van der Waals surface area (Å²) in [4.78, 5) is 12.6. The third-order valence-electron chi connectivity index (χ3n) is 6.16. The van der Waals surface area contributed by atoms with Gasteiger partial charge in [-0.3, -0.25) is 4.79 Å². The SMILES string of the molecule is Cn1c(CC(=O)NC2CCS(=O)(=O)CC2)c2n(c1=S)C[C@@H](c1c(F)ccc(F)c1F)C2. The third-order valence-corrected chi connectivity index (χ3v) is 8.37. The van der Waals surface area contributed by atoms with Crippen LogP contribution in [0.4, 0.5) is 13.2 Å². The van der Waals surface area contributed by atoms with Crippen molar-refractivity contribution in [2.24, 2.45) is 7.05 Å². The van der Waals surface area contributed by atoms with E-state index in [0.717, 1.165) is 12.1 Å². The average molecular weight is 474 g/mol. The van der Waals surface area contributed by atoms with Gasteiger partial charge in [0.15, 0.2) is 16.4 Å². The van der Waals surface area contributed by atoms with Gasteiger partial charge in [-0.15, -0.1) is 0 Å². The molecule has 2 aliphatic heterocycles. The van der Waals surface area contributed by atoms with Crippen LogP contribution >= 0.6 is 12.2 Å². The molecule has 1 aromatic heterocycles. The van der Waals surface area contributed by atoms with Crippen molar-refractivity contribution in [2.45, 2.75) is 44.2 Å². The Morgan fingerprint density at radius 2 is 1.84 bits per heavy atom. The van der Waals surface area contributed by atoms with E-state index in [1.54, 1.807) is 16.2 Å². The van der Waals surface area contributed by atoms with E-state index in [4.69, 9.17) is 12.2 Å². The molecule has 0 bridgehead atoms. The van der Waals surface area contributed by atoms with Crippen LogP contribution in [0.1, 0.15) is 35.7 Å². The molecule has 0 saturated carbocycles. The first-order valence-electron chi connectivity index (χ1n) is 9.98. The molecule has 1 atom stereocenters. The van der Waals surface area contributed by atoms with E-state index in [2.05, 4.69) is 5.32 Å². The Hall–Kier alpha value is -2.14. The predicted octanol–water partition coefficient (Wildman–Crippen LogP) is 2.55. The van der Waals surface area contributed by atoms with Crippen LogP contribution in [0.5, 0.6) is 0 Å². The van der Waals surface area contributed by atoms with Gasteiger partial charge in [-0.2, -0.15) is 0 Å². The van der Waals surface area contributed by atoms with Crippen LogP contribution in [0.3, 0.4) is 0 Å². The topological polar surface area (TPSA) is 73.1 Å². The van der Waals surface area contributed by atoms with Crippen LogP contribution < -0.4 is 5.32 Å². The van der Waals surface area contributed by atoms with Crippen LogP contribution in [-0.2, 0) is 41.1 Å². The molecule has 0 radical (unpaired) electrons. The Labute approximate surface area is 183 Å². The highest BCUT2D eigenvalue weighted by Crippen LogP contribution is 2.36. The standard InChI is InChI=1S/C20H22F3N3O3S2/c1-25-15(9-17(27)24-12-4-6-31(28,29)7-5-12)16-8-11(10-26(16)20(25)30)18-13(21)2-3-14(22)19(18)23/h2-3,11-12H,4-10H2,1H3,(H,24,27)/t11-/m0/s1. The Bertz CT molecular complexity index is 1210. The maximum atomic E-state index is 14.3. The molecule has 1 fully saturated rings. The minimum Gasteiger partial charge on any atom is -0.353 e. The first kappa shape index (κ1) is 22.1. The highest BCUT2D eigenvalue weighted by atomic mass is 32.2. The van der Waals surface area contributed by atoms with Gasteiger partial charge in [0.05, 0.1) is 17.9 Å². The number of carbonyl (C=O) groups is 1. The van der Waals surface area contributed by atoms with Gasteiger partial charge >= 0.3 is 0 Å². The minimum atomic E-state index is -3.02. The normalized spacial score (nSPS) is 20.6. The molecule has 31 heavy (non-hydrogen) atoms. The van der Waals surface area contributed by atoms with Gasteiger partial charge in [0, 0.05) is 42.5 Å². The smallest absolute Gasteiger partial charge is 0.226 e. The van der Waals surface area contributed by atoms with Gasteiger partial charge in [-0.1, -0.05) is 0 Å². The molecule has 0 spiro atoms. The van der Waals surface area contributed by atoms with Crippen molar-refractivity contribution in [3.8, 4) is 0 Å². The Balaban J connectivity index is 1.53. The fraction of sp³-hybridized carbons (Fsp3) is 0.500. The van der Waals surface area contributed by atoms with Crippen molar-refractivity contribution in [2.75, 3.05) is 11.5 Å². The molecule has 1 aromatic carbocycles. The number of hydrogen-bond donors (Lipinski definition) is 1. The lowest BCUT2D eigenvalue weighted by molar-refractivity contribution is -0.121. The maximum absolute atomic E-state index is 14.3. The van der Waals surface area contributed by atoms with E-state index in [1.807, 2.05) is 0 Å². The van der Waals surface area contributed by atoms with Crippen molar-refractivity contribution in [3.63, 3.8) is 0 Å². The quantitative estimate of drug-likeness (QED) is 0.547. The fourth-order valence-corrected chi connectivity index (χ4v) is 6.28. The number of amides is 1. The van der Waals surface area contributed by atoms with Crippen molar-refractivity contribution in [1.29, 1.82) is 0 Å². The zero-order chi connectivity index (χ0) is 22.5. The van der Waals surface area contributed by atoms with E-state index < -0.39 is 33.2 Å². The number of aromatic nitrogens is 2. The van der Waals surface area contributed by atoms with Crippen molar-refractivity contribution in [1.82, 2.24) is 14.5 Å². The summed E-state index contributed by atoms with van der Waals surface area (Å²) >= 11 is 5.44. The van der Waals surface area contributed by atoms with Crippen LogP contribution in [0.15, 0.2) is 12.1 Å². The number of sulfone groups is 1. The lowest BCUT2D eigenvalue weighted by Gasteiger charge is -2.23. The summed E-state index contributed by atoms with van der Waals surface area (Å²) in [7, 11) is -1.30. The number of carbonyl (C=O) groups excluding carboxylic acids is 1. The number of benzene rings is 1. The zero-order valence-corrected chi connectivity index (χ0v) is 18.5. The predicted molar refractivity (Wildman–Crippen MR) is 111 cm³/mol. The fourth-order valence-electron chi connectivity index (χ4n) is 4.49. The van der Waals surface area contributed by atoms with Gasteiger partial charge in [-0.25, -0.2) is 21.6 Å². The van der Waals surface area contributed by atoms with E-state index >= 15 is 0 Å². The summed E-state index contributed by atoms with van der Waals surface area (Å²) in [6.07, 6.45) is 0.986. The summed E-state index contributed by atoms with van der Waals surface area (Å²) in [6, 6.07) is 1.46. The van der Waals surface area contributed by atoms with Crippen LogP contribution in [0.2, 0.25) is 0 Å². The van der Waals surface area contributed by atoms with Gasteiger partial charge < -0.3 is 14.5 Å². The molecule has 4 rings (SSSR count). The van der Waals surface area contributed by atoms with Crippen molar-refractivity contribution < 1.29 is 26.4 Å². The number of rotatable bonds is 4. The largest absolute Gasteiger partial charge is 0.353 e. The molecule has 11 heteroatoms. The first-order chi connectivity index (χ1) is 14.6. The molecule has 1 amide bonds. The average Bonchev–Trinajstić information content (AvgIpc) is 3.22. The molecule has 1 saturated heterocycles. The van der Waals surface area contributed by atoms with Crippen LogP contribution in [0.25, 0.3) is 0 Å². The Morgan fingerprint density at radius 3 is 2.52 bits per heavy atom. The molecule has 1 N–H and O–H groups in total. The lowest BCUT2D eigenvalue weighted by atomic mass is 9.95. The molecule has 6 nitrogen and oxygen atoms in total. The summed E-state index contributed by atoms with van der Waals surface area (Å²) in [6.45, 7) is 0.196. The summed E-state index contributed by atoms with van der Waals surface area (Å²) in [5.41, 5.74) is 1.02. The highest BCUT2D eigenvalue weighted by Gasteiger charge is 2.33. The zero-order valence-electron chi connectivity index (χ0n) is 16.8. The van der Waals surface area contributed by atoms with Gasteiger partial charge in [-0.05, 0) is 43.6 Å². The number of halogens is 3. The number of nitrogens with zero attached hydrogens (tertiary/aromatic N) is 2. The lowest BCUT2D eigenvalue weighted by Crippen LogP contribution is -2.41.